The first-order valence-electron chi connectivity index (χ1n) is 2.27. The number of para-hydroxylation sites is 2. The van der Waals surface area contributed by atoms with E-state index in [0.29, 0.717) is 0 Å². The van der Waals surface area contributed by atoms with Crippen LogP contribution in [-0.2, 0) is 0 Å². The van der Waals surface area contributed by atoms with Crippen molar-refractivity contribution in [1.82, 2.24) is 0 Å². The summed E-state index contributed by atoms with van der Waals surface area (Å²) in [6, 6.07) is 6.15. The first kappa shape index (κ1) is 12.6. The minimum atomic E-state index is -0.0764. The third-order valence-electron chi connectivity index (χ3n) is 0.882. The molecule has 0 atom stereocenters. The molecule has 0 saturated heterocycles. The summed E-state index contributed by atoms with van der Waals surface area (Å²) in [4.78, 5) is 0. The van der Waals surface area contributed by atoms with E-state index in [2.05, 4.69) is 0 Å². The van der Waals surface area contributed by atoms with E-state index in [9.17, 15) is 0 Å². The Labute approximate surface area is 82.2 Å². The van der Waals surface area contributed by atoms with Crippen LogP contribution in [0.5, 0.6) is 11.5 Å². The van der Waals surface area contributed by atoms with Gasteiger partial charge in [0.25, 0.3) is 0 Å². The molecule has 0 aromatic heterocycles. The first-order chi connectivity index (χ1) is 3.80. The van der Waals surface area contributed by atoms with Gasteiger partial charge in [0, 0.05) is 36.2 Å². The fourth-order valence-corrected chi connectivity index (χ4v) is 0.464. The molecule has 0 aliphatic heterocycles. The number of hydrogen-bond donors (Lipinski definition) is 2. The third-order valence-corrected chi connectivity index (χ3v) is 0.882. The Morgan fingerprint density at radius 3 is 1.40 bits per heavy atom. The number of benzene rings is 1. The van der Waals surface area contributed by atoms with Gasteiger partial charge in [-0.25, -0.2) is 0 Å². The van der Waals surface area contributed by atoms with Gasteiger partial charge in [0.15, 0.2) is 11.5 Å². The molecule has 0 spiro atoms. The van der Waals surface area contributed by atoms with Crippen molar-refractivity contribution in [2.24, 2.45) is 0 Å². The maximum absolute atomic E-state index is 8.67. The Hall–Kier alpha value is -0.0501. The van der Waals surface area contributed by atoms with E-state index in [-0.39, 0.29) is 47.7 Å². The molecule has 0 heterocycles. The van der Waals surface area contributed by atoms with E-state index >= 15 is 0 Å². The fourth-order valence-electron chi connectivity index (χ4n) is 0.464. The molecule has 0 aliphatic rings. The molecule has 1 rings (SSSR count). The second-order valence-corrected chi connectivity index (χ2v) is 1.49. The van der Waals surface area contributed by atoms with Crippen molar-refractivity contribution in [1.29, 1.82) is 0 Å². The van der Waals surface area contributed by atoms with Crippen LogP contribution in [0, 0.1) is 0 Å². The summed E-state index contributed by atoms with van der Waals surface area (Å²) in [5, 5.41) is 17.3. The SMILES string of the molecule is Oc1ccccc1O.[Al].[Li]. The molecule has 4 radical (unpaired) electrons. The maximum atomic E-state index is 8.67. The number of rotatable bonds is 0. The van der Waals surface area contributed by atoms with Crippen LogP contribution < -0.4 is 0 Å². The molecule has 4 heteroatoms. The van der Waals surface area contributed by atoms with Crippen LogP contribution >= 0.6 is 0 Å². The normalized spacial score (nSPS) is 7.20. The van der Waals surface area contributed by atoms with Gasteiger partial charge in [-0.3, -0.25) is 0 Å². The molecule has 2 N–H and O–H groups in total. The zero-order chi connectivity index (χ0) is 5.98. The van der Waals surface area contributed by atoms with Crippen LogP contribution in [0.3, 0.4) is 0 Å². The minimum absolute atomic E-state index is 0. The average molecular weight is 144 g/mol. The summed E-state index contributed by atoms with van der Waals surface area (Å²) in [5.41, 5.74) is 0. The summed E-state index contributed by atoms with van der Waals surface area (Å²) in [7, 11) is 0. The second-order valence-electron chi connectivity index (χ2n) is 1.49. The zero-order valence-electron chi connectivity index (χ0n) is 5.78. The molecule has 0 aliphatic carbocycles. The molecule has 0 amide bonds. The standard InChI is InChI=1S/C6H6O2.Al.Li/c7-5-3-1-2-4-6(5)8;;/h1-4,7-8H;;. The zero-order valence-corrected chi connectivity index (χ0v) is 6.94. The summed E-state index contributed by atoms with van der Waals surface area (Å²) >= 11 is 0. The van der Waals surface area contributed by atoms with Crippen molar-refractivity contribution >= 4 is 36.2 Å². The second kappa shape index (κ2) is 5.71. The van der Waals surface area contributed by atoms with Gasteiger partial charge in [-0.2, -0.15) is 0 Å². The predicted octanol–water partition coefficient (Wildman–Crippen LogP) is 0.336. The minimum Gasteiger partial charge on any atom is -0.504 e. The van der Waals surface area contributed by atoms with Crippen molar-refractivity contribution in [3.05, 3.63) is 24.3 Å². The van der Waals surface area contributed by atoms with Gasteiger partial charge < -0.3 is 10.2 Å². The fraction of sp³-hybridized carbons (Fsp3) is 0. The van der Waals surface area contributed by atoms with Crippen LogP contribution in [-0.4, -0.2) is 46.4 Å². The molecule has 0 fully saturated rings. The van der Waals surface area contributed by atoms with Crippen LogP contribution in [0.15, 0.2) is 24.3 Å². The van der Waals surface area contributed by atoms with Gasteiger partial charge in [-0.05, 0) is 12.1 Å². The molecule has 0 saturated carbocycles. The van der Waals surface area contributed by atoms with Gasteiger partial charge in [0.2, 0.25) is 0 Å². The Balaban J connectivity index is 0. The van der Waals surface area contributed by atoms with Crippen LogP contribution in [0.2, 0.25) is 0 Å². The molecule has 0 unspecified atom stereocenters. The average Bonchev–Trinajstić information content (AvgIpc) is 1.77. The quantitative estimate of drug-likeness (QED) is 0.407. The van der Waals surface area contributed by atoms with Gasteiger partial charge in [0.1, 0.15) is 0 Å². The van der Waals surface area contributed by atoms with Crippen molar-refractivity contribution in [2.45, 2.75) is 0 Å². The van der Waals surface area contributed by atoms with Crippen molar-refractivity contribution < 1.29 is 10.2 Å². The summed E-state index contributed by atoms with van der Waals surface area (Å²) in [6.07, 6.45) is 0. The molecule has 1 aromatic rings. The summed E-state index contributed by atoms with van der Waals surface area (Å²) in [5.74, 6) is -0.153. The summed E-state index contributed by atoms with van der Waals surface area (Å²) in [6.45, 7) is 0. The number of phenolic OH excluding ortho intramolecular Hbond substituents is 2. The molecular weight excluding hydrogens is 138 g/mol. The monoisotopic (exact) mass is 144 g/mol. The van der Waals surface area contributed by atoms with E-state index in [4.69, 9.17) is 10.2 Å². The molecule has 2 nitrogen and oxygen atoms in total. The Morgan fingerprint density at radius 2 is 1.20 bits per heavy atom. The van der Waals surface area contributed by atoms with Crippen LogP contribution in [0.25, 0.3) is 0 Å². The van der Waals surface area contributed by atoms with E-state index in [1.165, 1.54) is 12.1 Å². The van der Waals surface area contributed by atoms with Gasteiger partial charge in [-0.1, -0.05) is 12.1 Å². The Kier molecular flexibility index (Phi) is 7.20. The van der Waals surface area contributed by atoms with Crippen LogP contribution in [0.1, 0.15) is 0 Å². The Bertz CT molecular complexity index is 172. The number of aromatic hydroxyl groups is 2. The smallest absolute Gasteiger partial charge is 0.157 e. The molecule has 46 valence electrons. The van der Waals surface area contributed by atoms with E-state index < -0.39 is 0 Å². The third kappa shape index (κ3) is 3.20. The molecule has 10 heavy (non-hydrogen) atoms. The van der Waals surface area contributed by atoms with Crippen LogP contribution in [0.4, 0.5) is 0 Å². The van der Waals surface area contributed by atoms with Crippen molar-refractivity contribution in [2.75, 3.05) is 0 Å². The predicted molar refractivity (Wildman–Crippen MR) is 41.3 cm³/mol. The summed E-state index contributed by atoms with van der Waals surface area (Å²) < 4.78 is 0. The van der Waals surface area contributed by atoms with Gasteiger partial charge >= 0.3 is 0 Å². The van der Waals surface area contributed by atoms with Gasteiger partial charge in [-0.15, -0.1) is 0 Å². The van der Waals surface area contributed by atoms with E-state index in [0.717, 1.165) is 0 Å². The van der Waals surface area contributed by atoms with E-state index in [1.807, 2.05) is 0 Å². The largest absolute Gasteiger partial charge is 0.504 e. The molecular formula is C6H6AlLiO2. The Morgan fingerprint density at radius 1 is 0.900 bits per heavy atom. The van der Waals surface area contributed by atoms with Crippen molar-refractivity contribution in [3.63, 3.8) is 0 Å². The number of hydrogen-bond acceptors (Lipinski definition) is 2. The topological polar surface area (TPSA) is 40.5 Å². The number of phenols is 2. The molecule has 0 bridgehead atoms. The first-order valence-corrected chi connectivity index (χ1v) is 2.27. The van der Waals surface area contributed by atoms with Gasteiger partial charge in [0.05, 0.1) is 0 Å². The maximum Gasteiger partial charge on any atom is 0.157 e. The van der Waals surface area contributed by atoms with E-state index in [1.54, 1.807) is 12.1 Å². The molecule has 1 aromatic carbocycles. The van der Waals surface area contributed by atoms with Crippen molar-refractivity contribution in [3.8, 4) is 11.5 Å².